The van der Waals surface area contributed by atoms with E-state index in [9.17, 15) is 4.79 Å². The molecule has 0 atom stereocenters. The Morgan fingerprint density at radius 2 is 1.96 bits per heavy atom. The lowest BCUT2D eigenvalue weighted by molar-refractivity contribution is 0.0618. The number of benzene rings is 1. The van der Waals surface area contributed by atoms with E-state index in [0.29, 0.717) is 24.5 Å². The van der Waals surface area contributed by atoms with Gasteiger partial charge in [0.25, 0.3) is 5.91 Å². The van der Waals surface area contributed by atoms with Crippen molar-refractivity contribution in [1.82, 2.24) is 19.9 Å². The van der Waals surface area contributed by atoms with Gasteiger partial charge >= 0.3 is 0 Å². The molecule has 0 spiro atoms. The maximum atomic E-state index is 12.4. The number of aryl methyl sites for hydroxylation is 1. The second-order valence-electron chi connectivity index (χ2n) is 6.52. The van der Waals surface area contributed by atoms with Crippen molar-refractivity contribution in [2.75, 3.05) is 26.2 Å². The van der Waals surface area contributed by atoms with E-state index in [1.807, 2.05) is 29.2 Å². The molecule has 8 heteroatoms. The minimum atomic E-state index is -0.0641. The first-order valence-electron chi connectivity index (χ1n) is 8.74. The molecule has 3 heterocycles. The fraction of sp³-hybridized carbons (Fsp3) is 0.316. The molecule has 0 saturated carbocycles. The summed E-state index contributed by atoms with van der Waals surface area (Å²) in [6.07, 6.45) is 0. The second kappa shape index (κ2) is 7.80. The lowest BCUT2D eigenvalue weighted by Gasteiger charge is -2.33. The van der Waals surface area contributed by atoms with E-state index in [4.69, 9.17) is 21.1 Å². The van der Waals surface area contributed by atoms with Gasteiger partial charge in [0.05, 0.1) is 12.2 Å². The van der Waals surface area contributed by atoms with Gasteiger partial charge in [-0.1, -0.05) is 28.9 Å². The van der Waals surface area contributed by atoms with Crippen molar-refractivity contribution in [2.45, 2.75) is 13.5 Å². The Kier molecular flexibility index (Phi) is 5.24. The van der Waals surface area contributed by atoms with Crippen LogP contribution in [0.5, 0.6) is 0 Å². The number of aromatic nitrogens is 2. The molecule has 1 fully saturated rings. The minimum Gasteiger partial charge on any atom is -0.361 e. The summed E-state index contributed by atoms with van der Waals surface area (Å²) in [6, 6.07) is 9.40. The summed E-state index contributed by atoms with van der Waals surface area (Å²) < 4.78 is 5.00. The smallest absolute Gasteiger partial charge is 0.276 e. The average molecular weight is 403 g/mol. The first-order valence-corrected chi connectivity index (χ1v) is 9.99. The molecule has 4 rings (SSSR count). The normalized spacial score (nSPS) is 15.3. The fourth-order valence-electron chi connectivity index (χ4n) is 3.07. The Labute approximate surface area is 166 Å². The van der Waals surface area contributed by atoms with Crippen LogP contribution in [-0.2, 0) is 6.54 Å². The van der Waals surface area contributed by atoms with Crippen LogP contribution in [0.25, 0.3) is 11.3 Å². The molecule has 0 unspecified atom stereocenters. The summed E-state index contributed by atoms with van der Waals surface area (Å²) in [7, 11) is 0. The molecule has 2 aromatic heterocycles. The van der Waals surface area contributed by atoms with E-state index in [-0.39, 0.29) is 5.91 Å². The molecule has 0 bridgehead atoms. The number of hydrogen-bond acceptors (Lipinski definition) is 6. The Bertz CT molecular complexity index is 929. The molecule has 27 heavy (non-hydrogen) atoms. The molecule has 140 valence electrons. The molecule has 1 saturated heterocycles. The predicted octanol–water partition coefficient (Wildman–Crippen LogP) is 3.72. The number of hydrogen-bond donors (Lipinski definition) is 0. The summed E-state index contributed by atoms with van der Waals surface area (Å²) in [5, 5.41) is 7.69. The highest BCUT2D eigenvalue weighted by Crippen LogP contribution is 2.24. The Balaban J connectivity index is 1.33. The number of nitrogens with zero attached hydrogens (tertiary/aromatic N) is 4. The van der Waals surface area contributed by atoms with Crippen molar-refractivity contribution < 1.29 is 9.32 Å². The number of rotatable bonds is 4. The van der Waals surface area contributed by atoms with Gasteiger partial charge in [0.2, 0.25) is 0 Å². The number of thiazole rings is 1. The van der Waals surface area contributed by atoms with Gasteiger partial charge in [0.1, 0.15) is 10.8 Å². The van der Waals surface area contributed by atoms with Gasteiger partial charge < -0.3 is 9.42 Å². The molecular weight excluding hydrogens is 384 g/mol. The van der Waals surface area contributed by atoms with E-state index in [1.54, 1.807) is 24.3 Å². The van der Waals surface area contributed by atoms with Crippen LogP contribution in [0.15, 0.2) is 40.2 Å². The van der Waals surface area contributed by atoms with Gasteiger partial charge in [-0.15, -0.1) is 11.3 Å². The van der Waals surface area contributed by atoms with E-state index in [2.05, 4.69) is 15.4 Å². The highest BCUT2D eigenvalue weighted by molar-refractivity contribution is 7.09. The Morgan fingerprint density at radius 1 is 1.22 bits per heavy atom. The van der Waals surface area contributed by atoms with Crippen molar-refractivity contribution >= 4 is 28.8 Å². The van der Waals surface area contributed by atoms with Crippen LogP contribution in [0.4, 0.5) is 0 Å². The van der Waals surface area contributed by atoms with Crippen molar-refractivity contribution in [1.29, 1.82) is 0 Å². The molecule has 1 amide bonds. The van der Waals surface area contributed by atoms with Crippen molar-refractivity contribution in [3.05, 3.63) is 57.2 Å². The number of carbonyl (C=O) groups is 1. The second-order valence-corrected chi connectivity index (χ2v) is 7.90. The van der Waals surface area contributed by atoms with Crippen LogP contribution in [0.3, 0.4) is 0 Å². The van der Waals surface area contributed by atoms with Gasteiger partial charge in [-0.25, -0.2) is 4.98 Å². The third-order valence-corrected chi connectivity index (χ3v) is 5.64. The fourth-order valence-corrected chi connectivity index (χ4v) is 4.04. The summed E-state index contributed by atoms with van der Waals surface area (Å²) >= 11 is 7.61. The highest BCUT2D eigenvalue weighted by atomic mass is 35.5. The van der Waals surface area contributed by atoms with Gasteiger partial charge in [-0.3, -0.25) is 9.69 Å². The number of carbonyl (C=O) groups excluding carboxylic acids is 1. The maximum Gasteiger partial charge on any atom is 0.276 e. The monoisotopic (exact) mass is 402 g/mol. The minimum absolute atomic E-state index is 0.0641. The zero-order chi connectivity index (χ0) is 18.8. The van der Waals surface area contributed by atoms with E-state index < -0.39 is 0 Å². The van der Waals surface area contributed by atoms with Gasteiger partial charge in [-0.05, 0) is 19.1 Å². The average Bonchev–Trinajstić information content (AvgIpc) is 3.32. The Hall–Kier alpha value is -2.22. The molecule has 0 N–H and O–H groups in total. The zero-order valence-electron chi connectivity index (χ0n) is 14.9. The largest absolute Gasteiger partial charge is 0.361 e. The van der Waals surface area contributed by atoms with Gasteiger partial charge in [0, 0.05) is 48.2 Å². The first-order chi connectivity index (χ1) is 13.1. The molecular formula is C19H19ClN4O2S. The van der Waals surface area contributed by atoms with Gasteiger partial charge in [0.15, 0.2) is 5.69 Å². The lowest BCUT2D eigenvalue weighted by atomic mass is 10.2. The molecule has 3 aromatic rings. The van der Waals surface area contributed by atoms with Crippen LogP contribution in [0, 0.1) is 6.92 Å². The van der Waals surface area contributed by atoms with Crippen LogP contribution in [0.2, 0.25) is 5.02 Å². The predicted molar refractivity (Wildman–Crippen MR) is 105 cm³/mol. The molecule has 1 aromatic carbocycles. The lowest BCUT2D eigenvalue weighted by Crippen LogP contribution is -2.48. The van der Waals surface area contributed by atoms with Crippen LogP contribution < -0.4 is 0 Å². The topological polar surface area (TPSA) is 62.5 Å². The summed E-state index contributed by atoms with van der Waals surface area (Å²) in [5.41, 5.74) is 2.43. The van der Waals surface area contributed by atoms with Crippen LogP contribution in [0.1, 0.15) is 21.3 Å². The molecule has 0 aliphatic carbocycles. The maximum absolute atomic E-state index is 12.4. The van der Waals surface area contributed by atoms with Crippen LogP contribution >= 0.6 is 22.9 Å². The summed E-state index contributed by atoms with van der Waals surface area (Å²) in [5.74, 6) is 0.586. The zero-order valence-corrected chi connectivity index (χ0v) is 16.5. The van der Waals surface area contributed by atoms with Crippen molar-refractivity contribution in [3.8, 4) is 11.3 Å². The summed E-state index contributed by atoms with van der Waals surface area (Å²) in [6.45, 7) is 5.58. The highest BCUT2D eigenvalue weighted by Gasteiger charge is 2.24. The first kappa shape index (κ1) is 18.2. The third kappa shape index (κ3) is 4.21. The summed E-state index contributed by atoms with van der Waals surface area (Å²) in [4.78, 5) is 21.3. The SMILES string of the molecule is Cc1cc(C(=O)N2CCN(Cc3nc(-c4ccc(Cl)cc4)cs3)CC2)no1. The molecule has 0 radical (unpaired) electrons. The van der Waals surface area contributed by atoms with E-state index in [1.165, 1.54) is 0 Å². The number of amides is 1. The Morgan fingerprint density at radius 3 is 2.63 bits per heavy atom. The van der Waals surface area contributed by atoms with Crippen molar-refractivity contribution in [3.63, 3.8) is 0 Å². The third-order valence-electron chi connectivity index (χ3n) is 4.56. The van der Waals surface area contributed by atoms with Crippen molar-refractivity contribution in [2.24, 2.45) is 0 Å². The standard InChI is InChI=1S/C19H19ClN4O2S/c1-13-10-16(22-26-13)19(25)24-8-6-23(7-9-24)11-18-21-17(12-27-18)14-2-4-15(20)5-3-14/h2-5,10,12H,6-9,11H2,1H3. The number of piperazine rings is 1. The van der Waals surface area contributed by atoms with Crippen LogP contribution in [-0.4, -0.2) is 52.0 Å². The molecule has 1 aliphatic heterocycles. The molecule has 1 aliphatic rings. The van der Waals surface area contributed by atoms with E-state index in [0.717, 1.165) is 40.9 Å². The van der Waals surface area contributed by atoms with Gasteiger partial charge in [-0.2, -0.15) is 0 Å². The number of halogens is 1. The molecule has 6 nitrogen and oxygen atoms in total. The van der Waals surface area contributed by atoms with E-state index >= 15 is 0 Å². The quantitative estimate of drug-likeness (QED) is 0.665.